The molecular weight excluding hydrogens is 1020 g/mol. The summed E-state index contributed by atoms with van der Waals surface area (Å²) >= 11 is 22.4. The summed E-state index contributed by atoms with van der Waals surface area (Å²) in [7, 11) is 2.80. The van der Waals surface area contributed by atoms with Gasteiger partial charge >= 0.3 is 12.4 Å². The molecule has 13 nitrogen and oxygen atoms in total. The first kappa shape index (κ1) is 53.9. The van der Waals surface area contributed by atoms with Crippen molar-refractivity contribution in [2.75, 3.05) is 14.2 Å². The number of ketones is 2. The smallest absolute Gasteiger partial charge is 0.421 e. The summed E-state index contributed by atoms with van der Waals surface area (Å²) in [6.45, 7) is 3.00. The number of carbonyl (C=O) groups excluding carboxylic acids is 4. The van der Waals surface area contributed by atoms with E-state index in [0.29, 0.717) is 29.7 Å². The number of ether oxygens (including phenoxy) is 2. The molecule has 2 aliphatic rings. The molecular formula is C44H34Cl4F8N4O9. The van der Waals surface area contributed by atoms with Crippen LogP contribution in [0.2, 0.25) is 20.1 Å². The average Bonchev–Trinajstić information content (AvgIpc) is 3.94. The Labute approximate surface area is 405 Å². The van der Waals surface area contributed by atoms with Gasteiger partial charge in [0.1, 0.15) is 0 Å². The van der Waals surface area contributed by atoms with E-state index in [1.165, 1.54) is 58.4 Å². The zero-order valence-electron chi connectivity index (χ0n) is 35.8. The third kappa shape index (κ3) is 12.8. The fourth-order valence-electron chi connectivity index (χ4n) is 6.47. The van der Waals surface area contributed by atoms with Crippen molar-refractivity contribution in [2.45, 2.75) is 63.5 Å². The summed E-state index contributed by atoms with van der Waals surface area (Å²) in [6.07, 6.45) is -12.4. The molecule has 4 aromatic rings. The van der Waals surface area contributed by atoms with Crippen LogP contribution in [0.15, 0.2) is 77.1 Å². The number of nitrogens with one attached hydrogen (secondary N) is 2. The highest BCUT2D eigenvalue weighted by Gasteiger charge is 2.56. The zero-order chi connectivity index (χ0) is 51.3. The lowest BCUT2D eigenvalue weighted by atomic mass is 9.85. The lowest BCUT2D eigenvalue weighted by molar-refractivity contribution is -0.264. The topological polar surface area (TPSA) is 174 Å². The van der Waals surface area contributed by atoms with Crippen LogP contribution in [-0.4, -0.2) is 79.3 Å². The molecule has 0 saturated carbocycles. The van der Waals surface area contributed by atoms with Crippen LogP contribution in [0.1, 0.15) is 82.9 Å². The van der Waals surface area contributed by atoms with Gasteiger partial charge in [0.25, 0.3) is 11.8 Å². The van der Waals surface area contributed by atoms with E-state index in [2.05, 4.69) is 20.9 Å². The molecule has 6 rings (SSSR count). The number of alkyl halides is 6. The third-order valence-electron chi connectivity index (χ3n) is 10.1. The maximum atomic E-state index is 13.9. The molecule has 0 aromatic heterocycles. The monoisotopic (exact) mass is 1050 g/mol. The molecule has 0 radical (unpaired) electrons. The number of carbonyl (C=O) groups is 4. The molecule has 0 fully saturated rings. The molecule has 368 valence electrons. The number of Topliss-reactive ketones (excluding diaryl/α,β-unsaturated/α-hetero) is 1. The Morgan fingerprint density at radius 1 is 0.696 bits per heavy atom. The Hall–Kier alpha value is -6.00. The first-order chi connectivity index (χ1) is 32.2. The van der Waals surface area contributed by atoms with Crippen molar-refractivity contribution in [3.63, 3.8) is 0 Å². The minimum Gasteiger partial charge on any atom is -0.482 e. The molecule has 3 atom stereocenters. The number of nitrogens with zero attached hydrogens (tertiary/aromatic N) is 2. The SMILES string of the molecule is COC1=NOC(NC(=O)c2ccc(C(=O)/C=C(\c3cc(Cl)c(F)c(Cl)c3)C(F)(F)F)cc2C)C1.COC1=NOC(NC(=O)c2ccc(C(=O)CC(O)(c3cc(Cl)c(F)c(Cl)c3)C(F)(F)F)cc2C)C1. The van der Waals surface area contributed by atoms with Gasteiger partial charge in [-0.05, 0) is 101 Å². The summed E-state index contributed by atoms with van der Waals surface area (Å²) in [5.41, 5.74) is -5.87. The molecule has 69 heavy (non-hydrogen) atoms. The highest BCUT2D eigenvalue weighted by molar-refractivity contribution is 6.35. The minimum absolute atomic E-state index is 0.0998. The molecule has 4 aromatic carbocycles. The zero-order valence-corrected chi connectivity index (χ0v) is 38.8. The number of oxime groups is 2. The summed E-state index contributed by atoms with van der Waals surface area (Å²) in [4.78, 5) is 60.4. The first-order valence-corrected chi connectivity index (χ1v) is 21.0. The second-order valence-corrected chi connectivity index (χ2v) is 16.5. The van der Waals surface area contributed by atoms with Crippen molar-refractivity contribution < 1.29 is 78.6 Å². The van der Waals surface area contributed by atoms with E-state index in [-0.39, 0.29) is 46.6 Å². The molecule has 25 heteroatoms. The van der Waals surface area contributed by atoms with Crippen molar-refractivity contribution in [3.05, 3.63) is 143 Å². The van der Waals surface area contributed by atoms with Gasteiger partial charge in [-0.2, -0.15) is 26.3 Å². The second kappa shape index (κ2) is 21.7. The number of halogens is 12. The van der Waals surface area contributed by atoms with Crippen LogP contribution in [0.25, 0.3) is 5.57 Å². The molecule has 2 heterocycles. The van der Waals surface area contributed by atoms with E-state index in [9.17, 15) is 59.4 Å². The molecule has 3 unspecified atom stereocenters. The van der Waals surface area contributed by atoms with Crippen LogP contribution < -0.4 is 10.6 Å². The van der Waals surface area contributed by atoms with Crippen molar-refractivity contribution in [1.82, 2.24) is 10.6 Å². The molecule has 3 N–H and O–H groups in total. The van der Waals surface area contributed by atoms with Crippen LogP contribution in [0, 0.1) is 25.5 Å². The Bertz CT molecular complexity index is 2740. The largest absolute Gasteiger partial charge is 0.482 e. The van der Waals surface area contributed by atoms with Crippen molar-refractivity contribution in [1.29, 1.82) is 0 Å². The van der Waals surface area contributed by atoms with E-state index in [1.54, 1.807) is 0 Å². The maximum absolute atomic E-state index is 13.9. The number of benzene rings is 4. The summed E-state index contributed by atoms with van der Waals surface area (Å²) < 4.78 is 120. The average molecular weight is 1060 g/mol. The lowest BCUT2D eigenvalue weighted by Gasteiger charge is -2.31. The first-order valence-electron chi connectivity index (χ1n) is 19.5. The summed E-state index contributed by atoms with van der Waals surface area (Å²) in [5, 5.41) is 20.2. The number of aryl methyl sites for hydroxylation is 2. The van der Waals surface area contributed by atoms with E-state index >= 15 is 0 Å². The number of hydrogen-bond donors (Lipinski definition) is 3. The number of aliphatic hydroxyl groups is 1. The Balaban J connectivity index is 0.000000258. The van der Waals surface area contributed by atoms with Crippen molar-refractivity contribution in [2.24, 2.45) is 10.3 Å². The quantitative estimate of drug-likeness (QED) is 0.0572. The highest BCUT2D eigenvalue weighted by atomic mass is 35.5. The third-order valence-corrected chi connectivity index (χ3v) is 11.2. The fraction of sp³-hybridized carbons (Fsp3) is 0.273. The van der Waals surface area contributed by atoms with E-state index in [4.69, 9.17) is 65.6 Å². The molecule has 2 amide bonds. The van der Waals surface area contributed by atoms with Gasteiger partial charge in [-0.3, -0.25) is 19.2 Å². The van der Waals surface area contributed by atoms with E-state index in [1.807, 2.05) is 0 Å². The number of allylic oxidation sites excluding steroid dienone is 2. The van der Waals surface area contributed by atoms with Gasteiger partial charge in [-0.25, -0.2) is 8.78 Å². The highest BCUT2D eigenvalue weighted by Crippen LogP contribution is 2.45. The molecule has 2 aliphatic heterocycles. The van der Waals surface area contributed by atoms with E-state index in [0.717, 1.165) is 18.2 Å². The van der Waals surface area contributed by atoms with Gasteiger partial charge in [0.05, 0.1) is 59.1 Å². The van der Waals surface area contributed by atoms with Crippen molar-refractivity contribution >= 4 is 87.2 Å². The van der Waals surface area contributed by atoms with Gasteiger partial charge in [-0.1, -0.05) is 58.5 Å². The van der Waals surface area contributed by atoms with Crippen LogP contribution in [0.4, 0.5) is 35.1 Å². The number of hydrogen-bond acceptors (Lipinski definition) is 11. The Morgan fingerprint density at radius 2 is 1.12 bits per heavy atom. The lowest BCUT2D eigenvalue weighted by Crippen LogP contribution is -2.44. The molecule has 0 saturated heterocycles. The normalized spacial score (nSPS) is 16.7. The Morgan fingerprint density at radius 3 is 1.51 bits per heavy atom. The van der Waals surface area contributed by atoms with Gasteiger partial charge in [0.15, 0.2) is 28.8 Å². The summed E-state index contributed by atoms with van der Waals surface area (Å²) in [5.74, 6) is -4.82. The van der Waals surface area contributed by atoms with Crippen molar-refractivity contribution in [3.8, 4) is 0 Å². The van der Waals surface area contributed by atoms with Crippen LogP contribution in [-0.2, 0) is 24.7 Å². The second-order valence-electron chi connectivity index (χ2n) is 14.9. The van der Waals surface area contributed by atoms with Gasteiger partial charge in [0.2, 0.25) is 24.3 Å². The van der Waals surface area contributed by atoms with E-state index < -0.39 is 109 Å². The number of methoxy groups -OCH3 is 2. The fourth-order valence-corrected chi connectivity index (χ4v) is 7.44. The summed E-state index contributed by atoms with van der Waals surface area (Å²) in [6, 6.07) is 10.0. The molecule has 0 bridgehead atoms. The number of rotatable bonds is 11. The standard InChI is InChI=1S/C22H18Cl2F4N2O5.C22H16Cl2F4N2O4/c1-10-5-11(3-4-13(10)20(32)29-17-8-18(34-2)30-35-17)16(31)9-21(33,22(26,27)28)12-6-14(23)19(25)15(24)7-12;1-10-5-11(3-4-13(10)21(32)29-18-9-19(33-2)30-34-18)17(31)8-14(22(26,27)28)12-6-15(23)20(25)16(24)7-12/h3-7,17,33H,8-9H2,1-2H3,(H,29,32);3-8,18H,9H2,1-2H3,(H,29,32)/b;14-8+. The van der Waals surface area contributed by atoms with Gasteiger partial charge in [0, 0.05) is 22.3 Å². The van der Waals surface area contributed by atoms with Gasteiger partial charge in [-0.15, -0.1) is 0 Å². The van der Waals surface area contributed by atoms with Crippen LogP contribution in [0.5, 0.6) is 0 Å². The molecule has 0 aliphatic carbocycles. The Kier molecular flexibility index (Phi) is 17.0. The predicted octanol–water partition coefficient (Wildman–Crippen LogP) is 10.6. The maximum Gasteiger partial charge on any atom is 0.421 e. The molecule has 0 spiro atoms. The van der Waals surface area contributed by atoms with Crippen LogP contribution >= 0.6 is 46.4 Å². The predicted molar refractivity (Wildman–Crippen MR) is 235 cm³/mol. The minimum atomic E-state index is -5.33. The number of amides is 2. The van der Waals surface area contributed by atoms with Gasteiger partial charge < -0.3 is 34.9 Å². The van der Waals surface area contributed by atoms with Crippen LogP contribution in [0.3, 0.4) is 0 Å².